The van der Waals surface area contributed by atoms with E-state index < -0.39 is 20.0 Å². The van der Waals surface area contributed by atoms with Crippen molar-refractivity contribution < 1.29 is 21.6 Å². The third-order valence-corrected chi connectivity index (χ3v) is 9.03. The summed E-state index contributed by atoms with van der Waals surface area (Å²) in [4.78, 5) is 6.72. The maximum absolute atomic E-state index is 12.7. The summed E-state index contributed by atoms with van der Waals surface area (Å²) in [6.07, 6.45) is 5.19. The summed E-state index contributed by atoms with van der Waals surface area (Å²) in [5.41, 5.74) is 0.815. The van der Waals surface area contributed by atoms with Crippen LogP contribution >= 0.6 is 0 Å². The van der Waals surface area contributed by atoms with E-state index in [2.05, 4.69) is 14.6 Å². The monoisotopic (exact) mass is 480 g/mol. The lowest BCUT2D eigenvalue weighted by molar-refractivity contribution is 0.0730. The van der Waals surface area contributed by atoms with Gasteiger partial charge in [0.25, 0.3) is 0 Å². The second kappa shape index (κ2) is 9.84. The number of pyridine rings is 1. The summed E-state index contributed by atoms with van der Waals surface area (Å²) in [5, 5.41) is 0. The Labute approximate surface area is 189 Å². The van der Waals surface area contributed by atoms with Crippen molar-refractivity contribution >= 4 is 25.9 Å². The molecule has 2 aliphatic rings. The van der Waals surface area contributed by atoms with Crippen LogP contribution in [0.3, 0.4) is 0 Å². The van der Waals surface area contributed by atoms with Crippen molar-refractivity contribution in [1.82, 2.24) is 14.0 Å². The molecule has 0 unspecified atom stereocenters. The van der Waals surface area contributed by atoms with Crippen molar-refractivity contribution in [3.05, 3.63) is 48.2 Å². The maximum Gasteiger partial charge on any atom is 0.243 e. The molecule has 174 valence electrons. The number of aromatic nitrogens is 1. The highest BCUT2D eigenvalue weighted by molar-refractivity contribution is 7.89. The zero-order valence-corrected chi connectivity index (χ0v) is 19.4. The molecule has 0 saturated carbocycles. The number of morpholine rings is 1. The molecule has 1 aromatic heterocycles. The number of nitrogens with zero attached hydrogens (tertiary/aromatic N) is 3. The highest BCUT2D eigenvalue weighted by atomic mass is 32.2. The van der Waals surface area contributed by atoms with Crippen molar-refractivity contribution in [2.45, 2.75) is 35.6 Å². The lowest BCUT2D eigenvalue weighted by Gasteiger charge is -2.27. The van der Waals surface area contributed by atoms with Crippen molar-refractivity contribution in [3.8, 4) is 0 Å². The molecule has 1 aromatic carbocycles. The zero-order chi connectivity index (χ0) is 22.6. The minimum atomic E-state index is -3.80. The Kier molecular flexibility index (Phi) is 7.11. The van der Waals surface area contributed by atoms with Crippen LogP contribution in [0.15, 0.2) is 52.4 Å². The molecule has 4 rings (SSSR count). The summed E-state index contributed by atoms with van der Waals surface area (Å²) in [6, 6.07) is 9.00. The lowest BCUT2D eigenvalue weighted by Crippen LogP contribution is -2.40. The van der Waals surface area contributed by atoms with Crippen LogP contribution < -0.4 is 9.62 Å². The van der Waals surface area contributed by atoms with Gasteiger partial charge in [-0.25, -0.2) is 26.5 Å². The molecule has 11 heteroatoms. The molecule has 2 aliphatic heterocycles. The average molecular weight is 481 g/mol. The highest BCUT2D eigenvalue weighted by Gasteiger charge is 2.26. The van der Waals surface area contributed by atoms with Gasteiger partial charge in [0.05, 0.1) is 23.0 Å². The van der Waals surface area contributed by atoms with Crippen LogP contribution in [0.2, 0.25) is 0 Å². The second-order valence-electron chi connectivity index (χ2n) is 7.88. The first-order chi connectivity index (χ1) is 15.4. The van der Waals surface area contributed by atoms with Crippen molar-refractivity contribution in [2.24, 2.45) is 0 Å². The number of sulfonamides is 2. The number of ether oxygens (including phenoxy) is 1. The Hall–Kier alpha value is -2.05. The largest absolute Gasteiger partial charge is 0.379 e. The molecule has 1 N–H and O–H groups in total. The molecule has 2 fully saturated rings. The number of rotatable bonds is 7. The molecule has 0 radical (unpaired) electrons. The molecule has 32 heavy (non-hydrogen) atoms. The predicted molar refractivity (Wildman–Crippen MR) is 120 cm³/mol. The summed E-state index contributed by atoms with van der Waals surface area (Å²) in [6.45, 7) is 3.32. The van der Waals surface area contributed by atoms with Crippen LogP contribution in [0, 0.1) is 0 Å². The van der Waals surface area contributed by atoms with Crippen LogP contribution in [-0.2, 0) is 31.3 Å². The lowest BCUT2D eigenvalue weighted by atomic mass is 10.1. The third-order valence-electron chi connectivity index (χ3n) is 5.70. The van der Waals surface area contributed by atoms with Crippen molar-refractivity contribution in [1.29, 1.82) is 0 Å². The minimum absolute atomic E-state index is 0.0173. The van der Waals surface area contributed by atoms with Gasteiger partial charge < -0.3 is 9.64 Å². The number of benzene rings is 1. The quantitative estimate of drug-likeness (QED) is 0.641. The van der Waals surface area contributed by atoms with E-state index in [0.29, 0.717) is 13.2 Å². The number of piperidine rings is 1. The first-order valence-corrected chi connectivity index (χ1v) is 13.7. The van der Waals surface area contributed by atoms with Gasteiger partial charge in [0.2, 0.25) is 20.0 Å². The van der Waals surface area contributed by atoms with Gasteiger partial charge in [-0.1, -0.05) is 0 Å². The van der Waals surface area contributed by atoms with E-state index in [9.17, 15) is 16.8 Å². The van der Waals surface area contributed by atoms with E-state index in [0.717, 1.165) is 37.3 Å². The smallest absolute Gasteiger partial charge is 0.243 e. The van der Waals surface area contributed by atoms with Crippen LogP contribution in [0.5, 0.6) is 0 Å². The van der Waals surface area contributed by atoms with Crippen LogP contribution in [0.1, 0.15) is 24.8 Å². The van der Waals surface area contributed by atoms with E-state index in [-0.39, 0.29) is 29.4 Å². The van der Waals surface area contributed by atoms with Crippen LogP contribution in [0.25, 0.3) is 0 Å². The highest BCUT2D eigenvalue weighted by Crippen LogP contribution is 2.21. The third kappa shape index (κ3) is 5.29. The molecule has 0 amide bonds. The fourth-order valence-electron chi connectivity index (χ4n) is 3.85. The van der Waals surface area contributed by atoms with Crippen molar-refractivity contribution in [3.63, 3.8) is 0 Å². The van der Waals surface area contributed by atoms with Gasteiger partial charge in [0.15, 0.2) is 0 Å². The van der Waals surface area contributed by atoms with E-state index in [1.807, 2.05) is 6.07 Å². The molecular formula is C21H28N4O5S2. The maximum atomic E-state index is 12.7. The molecule has 0 atom stereocenters. The fraction of sp³-hybridized carbons (Fsp3) is 0.476. The molecule has 0 spiro atoms. The summed E-state index contributed by atoms with van der Waals surface area (Å²) >= 11 is 0. The number of anilines is 1. The fourth-order valence-corrected chi connectivity index (χ4v) is 6.28. The van der Waals surface area contributed by atoms with Gasteiger partial charge in [0.1, 0.15) is 5.82 Å². The molecule has 3 heterocycles. The molecule has 2 aromatic rings. The Bertz CT molecular complexity index is 1130. The Morgan fingerprint density at radius 1 is 0.875 bits per heavy atom. The first-order valence-electron chi connectivity index (χ1n) is 10.7. The van der Waals surface area contributed by atoms with Gasteiger partial charge in [-0.05, 0) is 61.2 Å². The number of nitrogens with one attached hydrogen (secondary N) is 1. The van der Waals surface area contributed by atoms with E-state index >= 15 is 0 Å². The predicted octanol–water partition coefficient (Wildman–Crippen LogP) is 1.57. The Balaban J connectivity index is 1.42. The van der Waals surface area contributed by atoms with Gasteiger partial charge in [0, 0.05) is 38.9 Å². The molecule has 2 saturated heterocycles. The van der Waals surface area contributed by atoms with Gasteiger partial charge in [-0.3, -0.25) is 0 Å². The summed E-state index contributed by atoms with van der Waals surface area (Å²) < 4.78 is 60.1. The molecule has 0 aliphatic carbocycles. The van der Waals surface area contributed by atoms with Crippen molar-refractivity contribution in [2.75, 3.05) is 44.3 Å². The summed E-state index contributed by atoms with van der Waals surface area (Å²) in [7, 11) is -7.46. The standard InChI is InChI=1S/C21H28N4O5S2/c26-31(27,23-17-18-8-9-22-21(16-18)24-10-2-1-3-11-24)19-4-6-20(7-5-19)32(28,29)25-12-14-30-15-13-25/h4-9,16,23H,1-3,10-15,17H2. The molecule has 9 nitrogen and oxygen atoms in total. The SMILES string of the molecule is O=S(=O)(NCc1ccnc(N2CCCCC2)c1)c1ccc(S(=O)(=O)N2CCOCC2)cc1. The Morgan fingerprint density at radius 2 is 1.53 bits per heavy atom. The van der Waals surface area contributed by atoms with E-state index in [1.54, 1.807) is 12.3 Å². The van der Waals surface area contributed by atoms with Crippen LogP contribution in [-0.4, -0.2) is 65.5 Å². The summed E-state index contributed by atoms with van der Waals surface area (Å²) in [5.74, 6) is 0.860. The van der Waals surface area contributed by atoms with Gasteiger partial charge in [-0.2, -0.15) is 4.31 Å². The van der Waals surface area contributed by atoms with Gasteiger partial charge >= 0.3 is 0 Å². The second-order valence-corrected chi connectivity index (χ2v) is 11.6. The topological polar surface area (TPSA) is 109 Å². The Morgan fingerprint density at radius 3 is 2.22 bits per heavy atom. The normalized spacial score (nSPS) is 18.6. The minimum Gasteiger partial charge on any atom is -0.379 e. The number of hydrogen-bond donors (Lipinski definition) is 1. The zero-order valence-electron chi connectivity index (χ0n) is 17.8. The first kappa shape index (κ1) is 23.1. The molecule has 0 bridgehead atoms. The van der Waals surface area contributed by atoms with E-state index in [4.69, 9.17) is 4.74 Å². The average Bonchev–Trinajstić information content (AvgIpc) is 2.84. The van der Waals surface area contributed by atoms with Crippen LogP contribution in [0.4, 0.5) is 5.82 Å². The number of hydrogen-bond acceptors (Lipinski definition) is 7. The molecular weight excluding hydrogens is 452 g/mol. The van der Waals surface area contributed by atoms with Gasteiger partial charge in [-0.15, -0.1) is 0 Å². The van der Waals surface area contributed by atoms with E-state index in [1.165, 1.54) is 35.0 Å².